The fraction of sp³-hybridized carbons (Fsp3) is 0.320. The number of carbonyl (C=O) groups is 1. The summed E-state index contributed by atoms with van der Waals surface area (Å²) in [7, 11) is 6.64. The molecule has 0 spiro atoms. The number of methoxy groups -OCH3 is 2. The van der Waals surface area contributed by atoms with Gasteiger partial charge in [-0.05, 0) is 19.2 Å². The Morgan fingerprint density at radius 2 is 1.54 bits per heavy atom. The van der Waals surface area contributed by atoms with Crippen LogP contribution in [0.2, 0.25) is 10.0 Å². The van der Waals surface area contributed by atoms with Gasteiger partial charge in [-0.25, -0.2) is 19.8 Å². The number of rotatable bonds is 7. The number of hydrogen-bond acceptors (Lipinski definition) is 8. The molecule has 0 unspecified atom stereocenters. The second-order valence-electron chi connectivity index (χ2n) is 8.41. The zero-order chi connectivity index (χ0) is 26.5. The average molecular weight is 546 g/mol. The van der Waals surface area contributed by atoms with Crippen LogP contribution in [0.15, 0.2) is 48.8 Å². The molecular formula is C25H29Cl2N7O3. The molecule has 4 rings (SSSR count). The third kappa shape index (κ3) is 5.83. The SMILES string of the molecule is COc1cc(OC)c(Cl)c(NC(=O)N(C)c2cc(N(c3ccccc3)N3CCN(C)CC3)ncn2)c1Cl. The number of para-hydroxylation sites is 1. The van der Waals surface area contributed by atoms with E-state index in [4.69, 9.17) is 32.7 Å². The van der Waals surface area contributed by atoms with Gasteiger partial charge in [0.15, 0.2) is 5.82 Å². The summed E-state index contributed by atoms with van der Waals surface area (Å²) in [6.45, 7) is 3.51. The Hall–Kier alpha value is -3.31. The summed E-state index contributed by atoms with van der Waals surface area (Å²) in [5, 5.41) is 7.36. The summed E-state index contributed by atoms with van der Waals surface area (Å²) in [6.07, 6.45) is 1.44. The van der Waals surface area contributed by atoms with Crippen LogP contribution >= 0.6 is 23.2 Å². The quantitative estimate of drug-likeness (QED) is 0.454. The second-order valence-corrected chi connectivity index (χ2v) is 9.17. The molecule has 10 nitrogen and oxygen atoms in total. The number of carbonyl (C=O) groups excluding carboxylic acids is 1. The van der Waals surface area contributed by atoms with Crippen LogP contribution in [0, 0.1) is 0 Å². The van der Waals surface area contributed by atoms with Crippen molar-refractivity contribution in [3.63, 3.8) is 0 Å². The van der Waals surface area contributed by atoms with Gasteiger partial charge in [0.2, 0.25) is 0 Å². The fourth-order valence-corrected chi connectivity index (χ4v) is 4.53. The Labute approximate surface area is 226 Å². The summed E-state index contributed by atoms with van der Waals surface area (Å²) in [5.41, 5.74) is 1.14. The number of ether oxygens (including phenoxy) is 2. The van der Waals surface area contributed by atoms with Crippen molar-refractivity contribution in [2.75, 3.05) is 69.7 Å². The minimum atomic E-state index is -0.505. The van der Waals surface area contributed by atoms with Gasteiger partial charge in [-0.3, -0.25) is 9.91 Å². The van der Waals surface area contributed by atoms with E-state index in [1.54, 1.807) is 19.2 Å². The van der Waals surface area contributed by atoms with E-state index in [-0.39, 0.29) is 15.7 Å². The van der Waals surface area contributed by atoms with Crippen molar-refractivity contribution in [1.29, 1.82) is 0 Å². The first-order valence-corrected chi connectivity index (χ1v) is 12.3. The number of hydrazine groups is 1. The van der Waals surface area contributed by atoms with Crippen molar-refractivity contribution in [2.24, 2.45) is 0 Å². The highest BCUT2D eigenvalue weighted by atomic mass is 35.5. The van der Waals surface area contributed by atoms with Crippen LogP contribution in [0.25, 0.3) is 0 Å². The Morgan fingerprint density at radius 1 is 0.946 bits per heavy atom. The number of amides is 2. The smallest absolute Gasteiger partial charge is 0.327 e. The van der Waals surface area contributed by atoms with Crippen molar-refractivity contribution >= 4 is 52.2 Å². The lowest BCUT2D eigenvalue weighted by Crippen LogP contribution is -2.51. The van der Waals surface area contributed by atoms with E-state index < -0.39 is 6.03 Å². The molecule has 2 heterocycles. The van der Waals surface area contributed by atoms with Gasteiger partial charge in [0, 0.05) is 45.4 Å². The van der Waals surface area contributed by atoms with E-state index in [0.717, 1.165) is 31.9 Å². The standard InChI is InChI=1S/C25H29Cl2N7O3/c1-31-10-12-33(13-11-31)34(17-8-6-5-7-9-17)21-15-20(28-16-29-21)32(2)25(35)30-24-22(26)18(36-3)14-19(37-4)23(24)27/h5-9,14-16H,10-13H2,1-4H3,(H,30,35). The van der Waals surface area contributed by atoms with Crippen LogP contribution in [-0.2, 0) is 0 Å². The highest BCUT2D eigenvalue weighted by molar-refractivity contribution is 6.41. The molecule has 2 aromatic carbocycles. The zero-order valence-electron chi connectivity index (χ0n) is 21.1. The van der Waals surface area contributed by atoms with Gasteiger partial charge in [0.25, 0.3) is 0 Å². The molecule has 0 radical (unpaired) electrons. The first-order chi connectivity index (χ1) is 17.8. The van der Waals surface area contributed by atoms with Crippen LogP contribution in [0.1, 0.15) is 0 Å². The number of aromatic nitrogens is 2. The molecule has 0 bridgehead atoms. The van der Waals surface area contributed by atoms with Gasteiger partial charge >= 0.3 is 6.03 Å². The highest BCUT2D eigenvalue weighted by Gasteiger charge is 2.25. The molecule has 1 aliphatic heterocycles. The Morgan fingerprint density at radius 3 is 2.14 bits per heavy atom. The van der Waals surface area contributed by atoms with E-state index in [1.807, 2.05) is 30.3 Å². The molecule has 196 valence electrons. The summed E-state index contributed by atoms with van der Waals surface area (Å²) in [5.74, 6) is 1.66. The molecule has 0 aliphatic carbocycles. The van der Waals surface area contributed by atoms with Crippen molar-refractivity contribution in [3.05, 3.63) is 58.8 Å². The van der Waals surface area contributed by atoms with Crippen molar-refractivity contribution in [2.45, 2.75) is 0 Å². The molecule has 3 aromatic rings. The molecule has 1 fully saturated rings. The number of nitrogens with zero attached hydrogens (tertiary/aromatic N) is 6. The largest absolute Gasteiger partial charge is 0.495 e. The fourth-order valence-electron chi connectivity index (χ4n) is 3.93. The number of likely N-dealkylation sites (N-methyl/N-ethyl adjacent to an activating group) is 1. The van der Waals surface area contributed by atoms with E-state index in [9.17, 15) is 4.79 Å². The van der Waals surface area contributed by atoms with Crippen LogP contribution in [0.5, 0.6) is 11.5 Å². The predicted octanol–water partition coefficient (Wildman–Crippen LogP) is 4.77. The van der Waals surface area contributed by atoms with E-state index in [1.165, 1.54) is 25.4 Å². The van der Waals surface area contributed by atoms with Crippen LogP contribution in [0.3, 0.4) is 0 Å². The molecule has 1 saturated heterocycles. The summed E-state index contributed by atoms with van der Waals surface area (Å²) >= 11 is 12.9. The first-order valence-electron chi connectivity index (χ1n) is 11.6. The van der Waals surface area contributed by atoms with Crippen LogP contribution in [-0.4, -0.2) is 80.4 Å². The molecule has 37 heavy (non-hydrogen) atoms. The van der Waals surface area contributed by atoms with Gasteiger partial charge in [-0.2, -0.15) is 0 Å². The molecule has 0 saturated carbocycles. The lowest BCUT2D eigenvalue weighted by Gasteiger charge is -2.40. The lowest BCUT2D eigenvalue weighted by molar-refractivity contribution is 0.154. The third-order valence-corrected chi connectivity index (χ3v) is 6.82. The summed E-state index contributed by atoms with van der Waals surface area (Å²) in [6, 6.07) is 12.8. The van der Waals surface area contributed by atoms with Crippen molar-refractivity contribution < 1.29 is 14.3 Å². The van der Waals surface area contributed by atoms with Crippen LogP contribution < -0.4 is 24.7 Å². The number of piperazine rings is 1. The highest BCUT2D eigenvalue weighted by Crippen LogP contribution is 2.44. The topological polar surface area (TPSA) is 86.3 Å². The minimum Gasteiger partial charge on any atom is -0.495 e. The van der Waals surface area contributed by atoms with Gasteiger partial charge in [-0.1, -0.05) is 41.4 Å². The molecule has 12 heteroatoms. The maximum Gasteiger partial charge on any atom is 0.327 e. The molecule has 1 aromatic heterocycles. The maximum atomic E-state index is 13.2. The number of benzene rings is 2. The normalized spacial score (nSPS) is 14.2. The van der Waals surface area contributed by atoms with Gasteiger partial charge in [0.05, 0.1) is 25.6 Å². The average Bonchev–Trinajstić information content (AvgIpc) is 2.92. The number of halogens is 2. The van der Waals surface area contributed by atoms with Gasteiger partial charge < -0.3 is 19.7 Å². The molecular weight excluding hydrogens is 517 g/mol. The predicted molar refractivity (Wildman–Crippen MR) is 147 cm³/mol. The Kier molecular flexibility index (Phi) is 8.55. The first kappa shape index (κ1) is 26.7. The second kappa shape index (κ2) is 11.8. The monoisotopic (exact) mass is 545 g/mol. The summed E-state index contributed by atoms with van der Waals surface area (Å²) in [4.78, 5) is 25.7. The van der Waals surface area contributed by atoms with E-state index >= 15 is 0 Å². The Balaban J connectivity index is 1.63. The molecule has 2 amide bonds. The zero-order valence-corrected chi connectivity index (χ0v) is 22.6. The number of hydrogen-bond donors (Lipinski definition) is 1. The molecule has 0 atom stereocenters. The minimum absolute atomic E-state index is 0.156. The van der Waals surface area contributed by atoms with Crippen molar-refractivity contribution in [1.82, 2.24) is 19.9 Å². The maximum absolute atomic E-state index is 13.2. The van der Waals surface area contributed by atoms with E-state index in [0.29, 0.717) is 23.1 Å². The Bertz CT molecular complexity index is 1210. The summed E-state index contributed by atoms with van der Waals surface area (Å²) < 4.78 is 10.6. The third-order valence-electron chi connectivity index (χ3n) is 6.07. The lowest BCUT2D eigenvalue weighted by atomic mass is 10.2. The molecule has 1 aliphatic rings. The van der Waals surface area contributed by atoms with Crippen molar-refractivity contribution in [3.8, 4) is 11.5 Å². The number of nitrogens with one attached hydrogen (secondary N) is 1. The van der Waals surface area contributed by atoms with Gasteiger partial charge in [-0.15, -0.1) is 0 Å². The number of urea groups is 1. The van der Waals surface area contributed by atoms with Gasteiger partial charge in [0.1, 0.15) is 33.7 Å². The molecule has 1 N–H and O–H groups in total. The van der Waals surface area contributed by atoms with Crippen LogP contribution in [0.4, 0.5) is 27.8 Å². The van der Waals surface area contributed by atoms with E-state index in [2.05, 4.69) is 37.3 Å². The number of anilines is 4.